The van der Waals surface area contributed by atoms with E-state index in [4.69, 9.17) is 37.5 Å². The number of amides is 1. The number of carbonyl (C=O) groups excluding carboxylic acids is 1. The van der Waals surface area contributed by atoms with E-state index in [2.05, 4.69) is 0 Å². The van der Waals surface area contributed by atoms with Crippen molar-refractivity contribution in [2.75, 3.05) is 20.3 Å². The van der Waals surface area contributed by atoms with Crippen molar-refractivity contribution in [1.82, 2.24) is 4.42 Å². The first kappa shape index (κ1) is 20.7. The number of nitrogens with zero attached hydrogens (tertiary/aromatic N) is 1. The standard InChI is InChI=1S/C19H22ClN3O4/c1-26-17(14-6-8-16(9-7-14)27-11-10-24)19(25)23(20)12-13-2-4-15(5-3-13)18(21)22/h2-9,17,24H,10-12H2,1H3,(H3,21,22). The summed E-state index contributed by atoms with van der Waals surface area (Å²) in [4.78, 5) is 12.7. The maximum atomic E-state index is 12.7. The molecule has 0 aliphatic rings. The normalized spacial score (nSPS) is 11.7. The quantitative estimate of drug-likeness (QED) is 0.345. The van der Waals surface area contributed by atoms with Crippen LogP contribution in [0, 0.1) is 5.41 Å². The summed E-state index contributed by atoms with van der Waals surface area (Å²) in [5.41, 5.74) is 7.46. The van der Waals surface area contributed by atoms with Gasteiger partial charge in [0.1, 0.15) is 18.2 Å². The van der Waals surface area contributed by atoms with Crippen molar-refractivity contribution in [2.45, 2.75) is 12.6 Å². The van der Waals surface area contributed by atoms with Crippen molar-refractivity contribution in [2.24, 2.45) is 5.73 Å². The van der Waals surface area contributed by atoms with Crippen LogP contribution in [0.15, 0.2) is 48.5 Å². The van der Waals surface area contributed by atoms with Gasteiger partial charge in [-0.1, -0.05) is 36.4 Å². The number of nitrogen functional groups attached to an aromatic ring is 1. The van der Waals surface area contributed by atoms with Gasteiger partial charge in [-0.3, -0.25) is 10.2 Å². The number of ether oxygens (including phenoxy) is 2. The van der Waals surface area contributed by atoms with Gasteiger partial charge in [0.15, 0.2) is 6.10 Å². The predicted molar refractivity (Wildman–Crippen MR) is 103 cm³/mol. The minimum atomic E-state index is -0.856. The number of halogens is 1. The number of aliphatic hydroxyl groups excluding tert-OH is 1. The van der Waals surface area contributed by atoms with Crippen LogP contribution in [-0.2, 0) is 16.1 Å². The van der Waals surface area contributed by atoms with E-state index in [1.165, 1.54) is 7.11 Å². The molecular formula is C19H22ClN3O4. The number of methoxy groups -OCH3 is 1. The first-order valence-electron chi connectivity index (χ1n) is 8.23. The minimum absolute atomic E-state index is 0.0220. The lowest BCUT2D eigenvalue weighted by Crippen LogP contribution is -2.28. The van der Waals surface area contributed by atoms with Crippen LogP contribution in [0.2, 0.25) is 0 Å². The molecule has 2 rings (SSSR count). The number of hydrogen-bond acceptors (Lipinski definition) is 5. The molecule has 7 nitrogen and oxygen atoms in total. The van der Waals surface area contributed by atoms with Crippen molar-refractivity contribution >= 4 is 23.5 Å². The van der Waals surface area contributed by atoms with Crippen molar-refractivity contribution in [3.63, 3.8) is 0 Å². The largest absolute Gasteiger partial charge is 0.491 e. The number of nitrogens with two attached hydrogens (primary N) is 1. The minimum Gasteiger partial charge on any atom is -0.491 e. The van der Waals surface area contributed by atoms with Gasteiger partial charge < -0.3 is 20.3 Å². The first-order valence-corrected chi connectivity index (χ1v) is 8.57. The van der Waals surface area contributed by atoms with Gasteiger partial charge in [-0.05, 0) is 23.3 Å². The number of rotatable bonds is 9. The monoisotopic (exact) mass is 391 g/mol. The third-order valence-corrected chi connectivity index (χ3v) is 4.11. The number of amidine groups is 1. The molecule has 1 atom stereocenters. The zero-order valence-electron chi connectivity index (χ0n) is 14.9. The summed E-state index contributed by atoms with van der Waals surface area (Å²) in [5.74, 6) is 0.161. The molecule has 0 saturated carbocycles. The molecule has 2 aromatic carbocycles. The molecule has 0 aliphatic heterocycles. The van der Waals surface area contributed by atoms with Gasteiger partial charge in [-0.15, -0.1) is 0 Å². The summed E-state index contributed by atoms with van der Waals surface area (Å²) in [6.45, 7) is 0.301. The highest BCUT2D eigenvalue weighted by molar-refractivity contribution is 6.21. The van der Waals surface area contributed by atoms with Crippen molar-refractivity contribution in [3.8, 4) is 5.75 Å². The SMILES string of the molecule is COC(C(=O)N(Cl)Cc1ccc(C(=N)N)cc1)c1ccc(OCCO)cc1. The third kappa shape index (κ3) is 5.68. The Bertz CT molecular complexity index is 766. The average Bonchev–Trinajstić information content (AvgIpc) is 2.68. The van der Waals surface area contributed by atoms with Crippen molar-refractivity contribution in [1.29, 1.82) is 5.41 Å². The smallest absolute Gasteiger partial charge is 0.270 e. The van der Waals surface area contributed by atoms with Crippen LogP contribution in [0.3, 0.4) is 0 Å². The van der Waals surface area contributed by atoms with Crippen molar-refractivity contribution < 1.29 is 19.4 Å². The number of hydrogen-bond donors (Lipinski definition) is 3. The molecule has 0 radical (unpaired) electrons. The molecule has 144 valence electrons. The lowest BCUT2D eigenvalue weighted by Gasteiger charge is -2.21. The molecule has 0 fully saturated rings. The van der Waals surface area contributed by atoms with E-state index in [-0.39, 0.29) is 25.6 Å². The maximum Gasteiger partial charge on any atom is 0.270 e. The van der Waals surface area contributed by atoms with Gasteiger partial charge in [-0.2, -0.15) is 0 Å². The highest BCUT2D eigenvalue weighted by Gasteiger charge is 2.25. The van der Waals surface area contributed by atoms with E-state index in [9.17, 15) is 4.79 Å². The van der Waals surface area contributed by atoms with Crippen molar-refractivity contribution in [3.05, 3.63) is 65.2 Å². The molecular weight excluding hydrogens is 370 g/mol. The molecule has 0 bridgehead atoms. The summed E-state index contributed by atoms with van der Waals surface area (Å²) in [5, 5.41) is 16.2. The molecule has 8 heteroatoms. The first-order chi connectivity index (χ1) is 13.0. The number of benzene rings is 2. The Morgan fingerprint density at radius 1 is 1.22 bits per heavy atom. The second-order valence-corrected chi connectivity index (χ2v) is 6.13. The number of nitrogens with one attached hydrogen (secondary N) is 1. The van der Waals surface area contributed by atoms with Crippen LogP contribution in [0.25, 0.3) is 0 Å². The van der Waals surface area contributed by atoms with Gasteiger partial charge in [0.05, 0.1) is 13.2 Å². The lowest BCUT2D eigenvalue weighted by atomic mass is 10.1. The van der Waals surface area contributed by atoms with Gasteiger partial charge in [0, 0.05) is 24.4 Å². The topological polar surface area (TPSA) is 109 Å². The van der Waals surface area contributed by atoms with E-state index in [1.807, 2.05) is 0 Å². The molecule has 1 amide bonds. The fourth-order valence-corrected chi connectivity index (χ4v) is 2.66. The predicted octanol–water partition coefficient (Wildman–Crippen LogP) is 2.21. The molecule has 0 aliphatic carbocycles. The summed E-state index contributed by atoms with van der Waals surface area (Å²) >= 11 is 6.18. The van der Waals surface area contributed by atoms with Gasteiger partial charge in [0.25, 0.3) is 5.91 Å². The van der Waals surface area contributed by atoms with E-state index < -0.39 is 12.0 Å². The molecule has 4 N–H and O–H groups in total. The van der Waals surface area contributed by atoms with Gasteiger partial charge in [-0.25, -0.2) is 4.42 Å². The second kappa shape index (κ2) is 9.91. The van der Waals surface area contributed by atoms with E-state index in [0.717, 1.165) is 9.98 Å². The Morgan fingerprint density at radius 2 is 1.85 bits per heavy atom. The molecule has 2 aromatic rings. The average molecular weight is 392 g/mol. The second-order valence-electron chi connectivity index (χ2n) is 5.73. The molecule has 0 saturated heterocycles. The number of aliphatic hydroxyl groups is 1. The maximum absolute atomic E-state index is 12.7. The molecule has 1 unspecified atom stereocenters. The van der Waals surface area contributed by atoms with Crippen LogP contribution in [0.4, 0.5) is 0 Å². The summed E-state index contributed by atoms with van der Waals surface area (Å²) in [6, 6.07) is 13.7. The summed E-state index contributed by atoms with van der Waals surface area (Å²) < 4.78 is 11.7. The molecule has 0 aromatic heterocycles. The summed E-state index contributed by atoms with van der Waals surface area (Å²) in [7, 11) is 1.44. The van der Waals surface area contributed by atoms with E-state index >= 15 is 0 Å². The Hall–Kier alpha value is -2.61. The van der Waals surface area contributed by atoms with Crippen LogP contribution < -0.4 is 10.5 Å². The van der Waals surface area contributed by atoms with Crippen LogP contribution in [-0.4, -0.2) is 41.6 Å². The van der Waals surface area contributed by atoms with Crippen LogP contribution >= 0.6 is 11.8 Å². The van der Waals surface area contributed by atoms with Gasteiger partial charge in [0.2, 0.25) is 0 Å². The number of carbonyl (C=O) groups is 1. The van der Waals surface area contributed by atoms with E-state index in [0.29, 0.717) is 16.9 Å². The third-order valence-electron chi connectivity index (χ3n) is 3.83. The zero-order chi connectivity index (χ0) is 19.8. The fraction of sp³-hybridized carbons (Fsp3) is 0.263. The molecule has 27 heavy (non-hydrogen) atoms. The highest BCUT2D eigenvalue weighted by atomic mass is 35.5. The highest BCUT2D eigenvalue weighted by Crippen LogP contribution is 2.24. The zero-order valence-corrected chi connectivity index (χ0v) is 15.6. The molecule has 0 spiro atoms. The Morgan fingerprint density at radius 3 is 2.37 bits per heavy atom. The Kier molecular flexibility index (Phi) is 7.60. The molecule has 0 heterocycles. The van der Waals surface area contributed by atoms with Crippen LogP contribution in [0.1, 0.15) is 22.8 Å². The fourth-order valence-electron chi connectivity index (χ4n) is 2.44. The Balaban J connectivity index is 2.05. The van der Waals surface area contributed by atoms with E-state index in [1.54, 1.807) is 48.5 Å². The van der Waals surface area contributed by atoms with Crippen LogP contribution in [0.5, 0.6) is 5.75 Å². The Labute approximate surface area is 162 Å². The summed E-state index contributed by atoms with van der Waals surface area (Å²) in [6.07, 6.45) is -0.856. The lowest BCUT2D eigenvalue weighted by molar-refractivity contribution is -0.137. The van der Waals surface area contributed by atoms with Gasteiger partial charge >= 0.3 is 0 Å².